The highest BCUT2D eigenvalue weighted by Gasteiger charge is 2.35. The van der Waals surface area contributed by atoms with E-state index in [4.69, 9.17) is 0 Å². The smallest absolute Gasteiger partial charge is 0.0108 e. The van der Waals surface area contributed by atoms with Crippen molar-refractivity contribution in [3.8, 4) is 0 Å². The molecule has 0 amide bonds. The van der Waals surface area contributed by atoms with Gasteiger partial charge in [-0.1, -0.05) is 26.3 Å². The minimum absolute atomic E-state index is 0.481. The van der Waals surface area contributed by atoms with Crippen LogP contribution in [0.15, 0.2) is 17.5 Å². The SMILES string of the molecule is CCC(C)CC1(c2cccs2)CCNCC1. The predicted octanol–water partition coefficient (Wildman–Crippen LogP) is 3.81. The third kappa shape index (κ3) is 2.49. The molecular formula is C14H23NS. The molecule has 1 unspecified atom stereocenters. The molecule has 0 saturated carbocycles. The largest absolute Gasteiger partial charge is 0.317 e. The molecule has 1 aliphatic rings. The average molecular weight is 237 g/mol. The van der Waals surface area contributed by atoms with Gasteiger partial charge in [-0.3, -0.25) is 0 Å². The van der Waals surface area contributed by atoms with Crippen LogP contribution in [-0.4, -0.2) is 13.1 Å². The van der Waals surface area contributed by atoms with Crippen LogP contribution < -0.4 is 5.32 Å². The summed E-state index contributed by atoms with van der Waals surface area (Å²) in [5.41, 5.74) is 0.481. The van der Waals surface area contributed by atoms with E-state index in [-0.39, 0.29) is 0 Å². The Morgan fingerprint density at radius 3 is 2.75 bits per heavy atom. The Morgan fingerprint density at radius 2 is 2.19 bits per heavy atom. The number of hydrogen-bond acceptors (Lipinski definition) is 2. The maximum atomic E-state index is 3.50. The molecule has 1 nitrogen and oxygen atoms in total. The van der Waals surface area contributed by atoms with Crippen LogP contribution in [0, 0.1) is 5.92 Å². The molecule has 0 radical (unpaired) electrons. The van der Waals surface area contributed by atoms with Crippen LogP contribution in [0.2, 0.25) is 0 Å². The van der Waals surface area contributed by atoms with E-state index in [2.05, 4.69) is 36.7 Å². The lowest BCUT2D eigenvalue weighted by molar-refractivity contribution is 0.252. The molecule has 2 heteroatoms. The monoisotopic (exact) mass is 237 g/mol. The highest BCUT2D eigenvalue weighted by molar-refractivity contribution is 7.10. The molecule has 1 saturated heterocycles. The lowest BCUT2D eigenvalue weighted by atomic mass is 9.71. The fraction of sp³-hybridized carbons (Fsp3) is 0.714. The number of thiophene rings is 1. The van der Waals surface area contributed by atoms with Gasteiger partial charge in [0, 0.05) is 10.3 Å². The Hall–Kier alpha value is -0.340. The van der Waals surface area contributed by atoms with Crippen molar-refractivity contribution in [2.45, 2.75) is 44.9 Å². The van der Waals surface area contributed by atoms with Crippen molar-refractivity contribution in [1.82, 2.24) is 5.32 Å². The van der Waals surface area contributed by atoms with Gasteiger partial charge in [-0.2, -0.15) is 0 Å². The van der Waals surface area contributed by atoms with Gasteiger partial charge >= 0.3 is 0 Å². The summed E-state index contributed by atoms with van der Waals surface area (Å²) in [5, 5.41) is 5.73. The third-order valence-corrected chi connectivity index (χ3v) is 5.16. The second-order valence-electron chi connectivity index (χ2n) is 5.23. The maximum Gasteiger partial charge on any atom is 0.0108 e. The second kappa shape index (κ2) is 5.33. The fourth-order valence-corrected chi connectivity index (χ4v) is 3.85. The Balaban J connectivity index is 2.18. The van der Waals surface area contributed by atoms with Gasteiger partial charge in [0.15, 0.2) is 0 Å². The van der Waals surface area contributed by atoms with Crippen molar-refractivity contribution in [2.75, 3.05) is 13.1 Å². The Labute approximate surface area is 103 Å². The van der Waals surface area contributed by atoms with Gasteiger partial charge in [-0.25, -0.2) is 0 Å². The van der Waals surface area contributed by atoms with E-state index in [0.29, 0.717) is 5.41 Å². The van der Waals surface area contributed by atoms with Gasteiger partial charge < -0.3 is 5.32 Å². The number of hydrogen-bond donors (Lipinski definition) is 1. The zero-order chi connectivity index (χ0) is 11.4. The van der Waals surface area contributed by atoms with Gasteiger partial charge in [0.1, 0.15) is 0 Å². The van der Waals surface area contributed by atoms with Crippen LogP contribution in [0.1, 0.15) is 44.4 Å². The molecular weight excluding hydrogens is 214 g/mol. The average Bonchev–Trinajstić information content (AvgIpc) is 2.84. The lowest BCUT2D eigenvalue weighted by Gasteiger charge is -2.39. The van der Waals surface area contributed by atoms with E-state index in [1.807, 2.05) is 11.3 Å². The molecule has 0 bridgehead atoms. The minimum Gasteiger partial charge on any atom is -0.317 e. The number of piperidine rings is 1. The van der Waals surface area contributed by atoms with Crippen molar-refractivity contribution in [1.29, 1.82) is 0 Å². The van der Waals surface area contributed by atoms with Gasteiger partial charge in [0.25, 0.3) is 0 Å². The summed E-state index contributed by atoms with van der Waals surface area (Å²) in [6.45, 7) is 7.09. The summed E-state index contributed by atoms with van der Waals surface area (Å²) < 4.78 is 0. The van der Waals surface area contributed by atoms with E-state index in [1.54, 1.807) is 4.88 Å². The molecule has 1 aliphatic heterocycles. The number of nitrogens with one attached hydrogen (secondary N) is 1. The quantitative estimate of drug-likeness (QED) is 0.840. The van der Waals surface area contributed by atoms with Crippen molar-refractivity contribution in [3.63, 3.8) is 0 Å². The standard InChI is InChI=1S/C14H23NS/c1-3-12(2)11-14(6-8-15-9-7-14)13-5-4-10-16-13/h4-5,10,12,15H,3,6-9,11H2,1-2H3. The van der Waals surface area contributed by atoms with Crippen LogP contribution >= 0.6 is 11.3 Å². The Morgan fingerprint density at radius 1 is 1.44 bits per heavy atom. The Kier molecular flexibility index (Phi) is 4.04. The van der Waals surface area contributed by atoms with Crippen molar-refractivity contribution in [3.05, 3.63) is 22.4 Å². The zero-order valence-corrected chi connectivity index (χ0v) is 11.3. The van der Waals surface area contributed by atoms with Crippen LogP contribution in [0.3, 0.4) is 0 Å². The zero-order valence-electron chi connectivity index (χ0n) is 10.5. The molecule has 1 aromatic heterocycles. The van der Waals surface area contributed by atoms with Crippen molar-refractivity contribution >= 4 is 11.3 Å². The van der Waals surface area contributed by atoms with Gasteiger partial charge in [-0.15, -0.1) is 11.3 Å². The second-order valence-corrected chi connectivity index (χ2v) is 6.17. The highest BCUT2D eigenvalue weighted by atomic mass is 32.1. The molecule has 1 fully saturated rings. The van der Waals surface area contributed by atoms with Crippen molar-refractivity contribution in [2.24, 2.45) is 5.92 Å². The number of rotatable bonds is 4. The summed E-state index contributed by atoms with van der Waals surface area (Å²) in [6, 6.07) is 4.55. The van der Waals surface area contributed by atoms with Crippen molar-refractivity contribution < 1.29 is 0 Å². The topological polar surface area (TPSA) is 12.0 Å². The van der Waals surface area contributed by atoms with Gasteiger partial charge in [-0.05, 0) is 49.7 Å². The highest BCUT2D eigenvalue weighted by Crippen LogP contribution is 2.41. The summed E-state index contributed by atoms with van der Waals surface area (Å²) in [6.07, 6.45) is 5.31. The fourth-order valence-electron chi connectivity index (χ4n) is 2.85. The van der Waals surface area contributed by atoms with Crippen LogP contribution in [0.25, 0.3) is 0 Å². The molecule has 1 atom stereocenters. The van der Waals surface area contributed by atoms with E-state index in [0.717, 1.165) is 5.92 Å². The van der Waals surface area contributed by atoms with E-state index < -0.39 is 0 Å². The van der Waals surface area contributed by atoms with Gasteiger partial charge in [0.05, 0.1) is 0 Å². The first-order valence-electron chi connectivity index (χ1n) is 6.51. The van der Waals surface area contributed by atoms with Gasteiger partial charge in [0.2, 0.25) is 0 Å². The van der Waals surface area contributed by atoms with Crippen LogP contribution in [-0.2, 0) is 5.41 Å². The molecule has 2 heterocycles. The summed E-state index contributed by atoms with van der Waals surface area (Å²) in [7, 11) is 0. The van der Waals surface area contributed by atoms with E-state index in [1.165, 1.54) is 38.8 Å². The lowest BCUT2D eigenvalue weighted by Crippen LogP contribution is -2.40. The molecule has 0 aliphatic carbocycles. The first-order valence-corrected chi connectivity index (χ1v) is 7.39. The molecule has 2 rings (SSSR count). The molecule has 0 spiro atoms. The first kappa shape index (κ1) is 12.1. The minimum atomic E-state index is 0.481. The molecule has 1 N–H and O–H groups in total. The Bertz CT molecular complexity index is 299. The molecule has 1 aromatic rings. The molecule has 16 heavy (non-hydrogen) atoms. The third-order valence-electron chi connectivity index (χ3n) is 4.04. The normalized spacial score (nSPS) is 21.9. The van der Waals surface area contributed by atoms with Crippen LogP contribution in [0.5, 0.6) is 0 Å². The maximum absolute atomic E-state index is 3.50. The van der Waals surface area contributed by atoms with Crippen LogP contribution in [0.4, 0.5) is 0 Å². The summed E-state index contributed by atoms with van der Waals surface area (Å²) >= 11 is 1.95. The predicted molar refractivity (Wildman–Crippen MR) is 72.2 cm³/mol. The van der Waals surface area contributed by atoms with E-state index in [9.17, 15) is 0 Å². The molecule has 0 aromatic carbocycles. The summed E-state index contributed by atoms with van der Waals surface area (Å²) in [5.74, 6) is 0.847. The summed E-state index contributed by atoms with van der Waals surface area (Å²) in [4.78, 5) is 1.62. The van der Waals surface area contributed by atoms with E-state index >= 15 is 0 Å². The first-order chi connectivity index (χ1) is 7.77. The molecule has 90 valence electrons.